The molecule has 8 heteroatoms. The number of aryl methyl sites for hydroxylation is 1. The van der Waals surface area contributed by atoms with Crippen molar-refractivity contribution in [3.63, 3.8) is 0 Å². The topological polar surface area (TPSA) is 79.7 Å². The first-order valence-corrected chi connectivity index (χ1v) is 11.4. The van der Waals surface area contributed by atoms with Crippen LogP contribution in [0.2, 0.25) is 0 Å². The average molecular weight is 450 g/mol. The highest BCUT2D eigenvalue weighted by Gasteiger charge is 2.24. The van der Waals surface area contributed by atoms with Crippen LogP contribution in [0, 0.1) is 0 Å². The summed E-state index contributed by atoms with van der Waals surface area (Å²) in [6.07, 6.45) is 1.11. The predicted molar refractivity (Wildman–Crippen MR) is 130 cm³/mol. The SMILES string of the molecule is CCCN1CCN(C(=O)c2cc(NC(C)=O)c3c(c2)nc(-c2ccccc2OC)n3C)CC1. The van der Waals surface area contributed by atoms with Crippen molar-refractivity contribution in [2.24, 2.45) is 7.05 Å². The molecule has 0 spiro atoms. The van der Waals surface area contributed by atoms with Gasteiger partial charge in [0, 0.05) is 45.7 Å². The van der Waals surface area contributed by atoms with E-state index >= 15 is 0 Å². The quantitative estimate of drug-likeness (QED) is 0.624. The zero-order valence-electron chi connectivity index (χ0n) is 19.7. The Labute approximate surface area is 194 Å². The fourth-order valence-corrected chi connectivity index (χ4v) is 4.50. The molecule has 0 radical (unpaired) electrons. The van der Waals surface area contributed by atoms with Crippen LogP contribution in [0.15, 0.2) is 36.4 Å². The van der Waals surface area contributed by atoms with Crippen LogP contribution in [0.1, 0.15) is 30.6 Å². The van der Waals surface area contributed by atoms with E-state index in [1.165, 1.54) is 6.92 Å². The van der Waals surface area contributed by atoms with E-state index in [1.807, 2.05) is 46.8 Å². The third kappa shape index (κ3) is 4.57. The fourth-order valence-electron chi connectivity index (χ4n) is 4.50. The van der Waals surface area contributed by atoms with Crippen molar-refractivity contribution in [2.75, 3.05) is 45.2 Å². The van der Waals surface area contributed by atoms with Crippen molar-refractivity contribution in [3.8, 4) is 17.1 Å². The van der Waals surface area contributed by atoms with Gasteiger partial charge in [-0.05, 0) is 37.2 Å². The van der Waals surface area contributed by atoms with Gasteiger partial charge in [0.1, 0.15) is 11.6 Å². The van der Waals surface area contributed by atoms with Gasteiger partial charge in [-0.25, -0.2) is 4.98 Å². The molecule has 2 amide bonds. The minimum Gasteiger partial charge on any atom is -0.496 e. The molecule has 0 saturated carbocycles. The molecule has 1 aliphatic heterocycles. The number of carbonyl (C=O) groups is 2. The third-order valence-electron chi connectivity index (χ3n) is 6.07. The van der Waals surface area contributed by atoms with Crippen molar-refractivity contribution in [2.45, 2.75) is 20.3 Å². The number of amides is 2. The first kappa shape index (κ1) is 22.8. The third-order valence-corrected chi connectivity index (χ3v) is 6.07. The Hall–Kier alpha value is -3.39. The average Bonchev–Trinajstić information content (AvgIpc) is 3.15. The number of para-hydroxylation sites is 1. The normalized spacial score (nSPS) is 14.5. The molecule has 174 valence electrons. The van der Waals surface area contributed by atoms with Crippen molar-refractivity contribution in [1.82, 2.24) is 19.4 Å². The van der Waals surface area contributed by atoms with Crippen LogP contribution in [0.3, 0.4) is 0 Å². The van der Waals surface area contributed by atoms with Gasteiger partial charge in [-0.1, -0.05) is 19.1 Å². The van der Waals surface area contributed by atoms with Gasteiger partial charge >= 0.3 is 0 Å². The lowest BCUT2D eigenvalue weighted by Gasteiger charge is -2.34. The van der Waals surface area contributed by atoms with Gasteiger partial charge in [0.15, 0.2) is 0 Å². The number of nitrogens with one attached hydrogen (secondary N) is 1. The summed E-state index contributed by atoms with van der Waals surface area (Å²) >= 11 is 0. The Morgan fingerprint density at radius 2 is 1.85 bits per heavy atom. The van der Waals surface area contributed by atoms with E-state index in [0.717, 1.165) is 37.1 Å². The van der Waals surface area contributed by atoms with E-state index in [4.69, 9.17) is 9.72 Å². The predicted octanol–water partition coefficient (Wildman–Crippen LogP) is 3.38. The molecule has 8 nitrogen and oxygen atoms in total. The Morgan fingerprint density at radius 3 is 2.52 bits per heavy atom. The number of benzene rings is 2. The number of hydrogen-bond acceptors (Lipinski definition) is 5. The summed E-state index contributed by atoms with van der Waals surface area (Å²) in [5.74, 6) is 1.17. The smallest absolute Gasteiger partial charge is 0.254 e. The second-order valence-electron chi connectivity index (χ2n) is 8.40. The Bertz CT molecular complexity index is 1180. The number of imidazole rings is 1. The van der Waals surface area contributed by atoms with Gasteiger partial charge in [-0.2, -0.15) is 0 Å². The van der Waals surface area contributed by atoms with E-state index in [1.54, 1.807) is 13.2 Å². The van der Waals surface area contributed by atoms with Crippen LogP contribution >= 0.6 is 0 Å². The van der Waals surface area contributed by atoms with Crippen LogP contribution in [-0.4, -0.2) is 71.0 Å². The zero-order valence-corrected chi connectivity index (χ0v) is 19.7. The van der Waals surface area contributed by atoms with Gasteiger partial charge in [-0.15, -0.1) is 0 Å². The molecule has 2 heterocycles. The number of ether oxygens (including phenoxy) is 1. The van der Waals surface area contributed by atoms with Crippen LogP contribution < -0.4 is 10.1 Å². The summed E-state index contributed by atoms with van der Waals surface area (Å²) in [7, 11) is 3.53. The van der Waals surface area contributed by atoms with Crippen LogP contribution in [-0.2, 0) is 11.8 Å². The molecule has 33 heavy (non-hydrogen) atoms. The molecule has 0 atom stereocenters. The minimum atomic E-state index is -0.200. The standard InChI is InChI=1S/C25H31N5O3/c1-5-10-29-11-13-30(14-12-29)25(32)18-15-20(26-17(2)31)23-21(16-18)27-24(28(23)3)19-8-6-7-9-22(19)33-4/h6-9,15-16H,5,10-14H2,1-4H3,(H,26,31). The maximum Gasteiger partial charge on any atom is 0.254 e. The molecule has 1 N–H and O–H groups in total. The van der Waals surface area contributed by atoms with Gasteiger partial charge in [0.05, 0.1) is 29.4 Å². The molecular weight excluding hydrogens is 418 g/mol. The van der Waals surface area contributed by atoms with Crippen molar-refractivity contribution in [3.05, 3.63) is 42.0 Å². The molecule has 0 unspecified atom stereocenters. The highest BCUT2D eigenvalue weighted by molar-refractivity contribution is 6.05. The number of rotatable bonds is 6. The van der Waals surface area contributed by atoms with Gasteiger partial charge in [0.25, 0.3) is 5.91 Å². The Balaban J connectivity index is 1.75. The minimum absolute atomic E-state index is 0.0378. The van der Waals surface area contributed by atoms with Gasteiger partial charge in [-0.3, -0.25) is 14.5 Å². The molecule has 1 fully saturated rings. The number of nitrogens with zero attached hydrogens (tertiary/aromatic N) is 4. The molecule has 1 saturated heterocycles. The monoisotopic (exact) mass is 449 g/mol. The Morgan fingerprint density at radius 1 is 1.12 bits per heavy atom. The van der Waals surface area contributed by atoms with Gasteiger partial charge < -0.3 is 19.5 Å². The maximum absolute atomic E-state index is 13.3. The van der Waals surface area contributed by atoms with E-state index in [2.05, 4.69) is 17.1 Å². The maximum atomic E-state index is 13.3. The summed E-state index contributed by atoms with van der Waals surface area (Å²) in [6, 6.07) is 11.2. The summed E-state index contributed by atoms with van der Waals surface area (Å²) in [4.78, 5) is 34.4. The Kier molecular flexibility index (Phi) is 6.65. The molecule has 1 aromatic heterocycles. The zero-order chi connectivity index (χ0) is 23.5. The fraction of sp³-hybridized carbons (Fsp3) is 0.400. The molecule has 2 aromatic carbocycles. The van der Waals surface area contributed by atoms with Crippen molar-refractivity contribution < 1.29 is 14.3 Å². The number of hydrogen-bond donors (Lipinski definition) is 1. The molecular formula is C25H31N5O3. The lowest BCUT2D eigenvalue weighted by molar-refractivity contribution is -0.114. The molecule has 0 aliphatic carbocycles. The van der Waals surface area contributed by atoms with Crippen molar-refractivity contribution in [1.29, 1.82) is 0 Å². The van der Waals surface area contributed by atoms with Crippen LogP contribution in [0.4, 0.5) is 5.69 Å². The number of carbonyl (C=O) groups excluding carboxylic acids is 2. The molecule has 0 bridgehead atoms. The number of methoxy groups -OCH3 is 1. The molecule has 3 aromatic rings. The van der Waals surface area contributed by atoms with E-state index in [9.17, 15) is 9.59 Å². The molecule has 4 rings (SSSR count). The number of anilines is 1. The van der Waals surface area contributed by atoms with Gasteiger partial charge in [0.2, 0.25) is 5.91 Å². The van der Waals surface area contributed by atoms with E-state index in [0.29, 0.717) is 41.4 Å². The highest BCUT2D eigenvalue weighted by atomic mass is 16.5. The largest absolute Gasteiger partial charge is 0.496 e. The first-order valence-electron chi connectivity index (χ1n) is 11.4. The summed E-state index contributed by atoms with van der Waals surface area (Å²) in [5.41, 5.74) is 3.35. The first-order chi connectivity index (χ1) is 15.9. The van der Waals surface area contributed by atoms with E-state index < -0.39 is 0 Å². The number of piperazine rings is 1. The lowest BCUT2D eigenvalue weighted by Crippen LogP contribution is -2.48. The summed E-state index contributed by atoms with van der Waals surface area (Å²) < 4.78 is 7.45. The number of fused-ring (bicyclic) bond motifs is 1. The lowest BCUT2D eigenvalue weighted by atomic mass is 10.1. The van der Waals surface area contributed by atoms with Crippen LogP contribution in [0.5, 0.6) is 5.75 Å². The van der Waals surface area contributed by atoms with Crippen LogP contribution in [0.25, 0.3) is 22.4 Å². The van der Waals surface area contributed by atoms with E-state index in [-0.39, 0.29) is 11.8 Å². The number of aromatic nitrogens is 2. The second kappa shape index (κ2) is 9.62. The van der Waals surface area contributed by atoms with Crippen molar-refractivity contribution >= 4 is 28.5 Å². The summed E-state index contributed by atoms with van der Waals surface area (Å²) in [6.45, 7) is 7.83. The summed E-state index contributed by atoms with van der Waals surface area (Å²) in [5, 5.41) is 2.89. The molecule has 1 aliphatic rings. The second-order valence-corrected chi connectivity index (χ2v) is 8.40. The highest BCUT2D eigenvalue weighted by Crippen LogP contribution is 2.34.